The molecule has 0 aliphatic carbocycles. The Morgan fingerprint density at radius 3 is 2.05 bits per heavy atom. The summed E-state index contributed by atoms with van der Waals surface area (Å²) in [5, 5.41) is 0. The highest BCUT2D eigenvalue weighted by Gasteiger charge is 2.12. The van der Waals surface area contributed by atoms with Gasteiger partial charge >= 0.3 is 0 Å². The molecule has 2 N–H and O–H groups in total. The molecular formula is C17H27FN2S. The van der Waals surface area contributed by atoms with Crippen LogP contribution < -0.4 is 10.6 Å². The molecule has 0 aliphatic rings. The molecule has 0 aliphatic heterocycles. The number of hydrogen-bond acceptors (Lipinski definition) is 2. The summed E-state index contributed by atoms with van der Waals surface area (Å²) < 4.78 is 14.1. The second kappa shape index (κ2) is 8.32. The van der Waals surface area contributed by atoms with Crippen LogP contribution in [0.5, 0.6) is 0 Å². The minimum Gasteiger partial charge on any atom is -0.389 e. The van der Waals surface area contributed by atoms with Crippen LogP contribution in [0.4, 0.5) is 10.1 Å². The molecule has 0 saturated heterocycles. The first-order chi connectivity index (χ1) is 9.81. The Bertz CT molecular complexity index is 460. The highest BCUT2D eigenvalue weighted by Crippen LogP contribution is 2.21. The maximum Gasteiger partial charge on any atom is 0.135 e. The van der Waals surface area contributed by atoms with Gasteiger partial charge in [0.2, 0.25) is 0 Å². The number of nitrogens with zero attached hydrogens (tertiary/aromatic N) is 1. The van der Waals surface area contributed by atoms with E-state index in [-0.39, 0.29) is 10.8 Å². The molecule has 1 rings (SSSR count). The zero-order valence-corrected chi connectivity index (χ0v) is 14.3. The average molecular weight is 310 g/mol. The molecule has 21 heavy (non-hydrogen) atoms. The van der Waals surface area contributed by atoms with Crippen molar-refractivity contribution in [2.75, 3.05) is 18.0 Å². The van der Waals surface area contributed by atoms with E-state index in [0.29, 0.717) is 17.4 Å². The van der Waals surface area contributed by atoms with Crippen LogP contribution in [-0.4, -0.2) is 18.1 Å². The Labute approximate surface area is 133 Å². The van der Waals surface area contributed by atoms with Gasteiger partial charge in [0, 0.05) is 24.3 Å². The Morgan fingerprint density at radius 2 is 1.67 bits per heavy atom. The summed E-state index contributed by atoms with van der Waals surface area (Å²) in [6.07, 6.45) is 2.19. The molecule has 1 aromatic carbocycles. The fourth-order valence-electron chi connectivity index (χ4n) is 2.10. The van der Waals surface area contributed by atoms with E-state index >= 15 is 0 Å². The third-order valence-electron chi connectivity index (χ3n) is 3.54. The van der Waals surface area contributed by atoms with Crippen LogP contribution in [0, 0.1) is 17.7 Å². The molecular weight excluding hydrogens is 283 g/mol. The second-order valence-electron chi connectivity index (χ2n) is 6.38. The molecule has 0 heterocycles. The molecule has 0 bridgehead atoms. The zero-order valence-electron chi connectivity index (χ0n) is 13.5. The van der Waals surface area contributed by atoms with E-state index in [1.165, 1.54) is 0 Å². The molecule has 1 aromatic rings. The largest absolute Gasteiger partial charge is 0.389 e. The molecule has 0 saturated carbocycles. The van der Waals surface area contributed by atoms with Crippen molar-refractivity contribution in [2.24, 2.45) is 17.6 Å². The van der Waals surface area contributed by atoms with Crippen LogP contribution in [-0.2, 0) is 0 Å². The van der Waals surface area contributed by atoms with E-state index in [9.17, 15) is 4.39 Å². The maximum absolute atomic E-state index is 14.1. The Balaban J connectivity index is 2.90. The number of benzene rings is 1. The van der Waals surface area contributed by atoms with Crippen molar-refractivity contribution in [2.45, 2.75) is 40.5 Å². The predicted octanol–water partition coefficient (Wildman–Crippen LogP) is 4.36. The Kier molecular flexibility index (Phi) is 7.09. The van der Waals surface area contributed by atoms with Gasteiger partial charge in [-0.1, -0.05) is 39.9 Å². The third-order valence-corrected chi connectivity index (χ3v) is 3.76. The summed E-state index contributed by atoms with van der Waals surface area (Å²) in [7, 11) is 0. The van der Waals surface area contributed by atoms with Crippen LogP contribution in [0.3, 0.4) is 0 Å². The summed E-state index contributed by atoms with van der Waals surface area (Å²) in [6, 6.07) is 5.15. The van der Waals surface area contributed by atoms with Crippen molar-refractivity contribution in [3.8, 4) is 0 Å². The van der Waals surface area contributed by atoms with Gasteiger partial charge in [0.15, 0.2) is 0 Å². The van der Waals surface area contributed by atoms with Gasteiger partial charge in [-0.15, -0.1) is 0 Å². The summed E-state index contributed by atoms with van der Waals surface area (Å²) in [6.45, 7) is 10.7. The van der Waals surface area contributed by atoms with Crippen LogP contribution >= 0.6 is 12.2 Å². The van der Waals surface area contributed by atoms with Crippen LogP contribution in [0.1, 0.15) is 46.1 Å². The first-order valence-electron chi connectivity index (χ1n) is 7.65. The van der Waals surface area contributed by atoms with Crippen molar-refractivity contribution >= 4 is 22.9 Å². The SMILES string of the molecule is CC(C)CCN(CCC(C)C)c1ccc(C(N)=S)c(F)c1. The minimum absolute atomic E-state index is 0.106. The number of hydrogen-bond donors (Lipinski definition) is 1. The number of anilines is 1. The van der Waals surface area contributed by atoms with Gasteiger partial charge in [0.1, 0.15) is 10.8 Å². The second-order valence-corrected chi connectivity index (χ2v) is 6.82. The number of thiocarbonyl (C=S) groups is 1. The van der Waals surface area contributed by atoms with Gasteiger partial charge in [0.05, 0.1) is 0 Å². The molecule has 0 spiro atoms. The lowest BCUT2D eigenvalue weighted by molar-refractivity contribution is 0.534. The van der Waals surface area contributed by atoms with Crippen LogP contribution in [0.2, 0.25) is 0 Å². The normalized spacial score (nSPS) is 11.2. The van der Waals surface area contributed by atoms with Gasteiger partial charge in [0.25, 0.3) is 0 Å². The monoisotopic (exact) mass is 310 g/mol. The van der Waals surface area contributed by atoms with E-state index in [1.807, 2.05) is 6.07 Å². The summed E-state index contributed by atoms with van der Waals surface area (Å²) in [5.41, 5.74) is 6.75. The molecule has 4 heteroatoms. The standard InChI is InChI=1S/C17H27FN2S/c1-12(2)7-9-20(10-8-13(3)4)14-5-6-15(17(19)21)16(18)11-14/h5-6,11-13H,7-10H2,1-4H3,(H2,19,21). The van der Waals surface area contributed by atoms with Crippen molar-refractivity contribution in [1.29, 1.82) is 0 Å². The lowest BCUT2D eigenvalue weighted by Crippen LogP contribution is -2.28. The van der Waals surface area contributed by atoms with E-state index in [4.69, 9.17) is 18.0 Å². The highest BCUT2D eigenvalue weighted by molar-refractivity contribution is 7.80. The van der Waals surface area contributed by atoms with Crippen LogP contribution in [0.25, 0.3) is 0 Å². The first-order valence-corrected chi connectivity index (χ1v) is 8.06. The first kappa shape index (κ1) is 17.9. The number of rotatable bonds is 8. The molecule has 0 unspecified atom stereocenters. The maximum atomic E-state index is 14.1. The van der Waals surface area contributed by atoms with E-state index in [1.54, 1.807) is 12.1 Å². The fourth-order valence-corrected chi connectivity index (χ4v) is 2.26. The van der Waals surface area contributed by atoms with Gasteiger partial charge in [-0.2, -0.15) is 0 Å². The minimum atomic E-state index is -0.334. The molecule has 0 amide bonds. The lowest BCUT2D eigenvalue weighted by Gasteiger charge is -2.27. The van der Waals surface area contributed by atoms with Gasteiger partial charge in [-0.25, -0.2) is 4.39 Å². The highest BCUT2D eigenvalue weighted by atomic mass is 32.1. The summed E-state index contributed by atoms with van der Waals surface area (Å²) >= 11 is 4.85. The topological polar surface area (TPSA) is 29.3 Å². The molecule has 0 fully saturated rings. The Hall–Kier alpha value is -1.16. The zero-order chi connectivity index (χ0) is 16.0. The van der Waals surface area contributed by atoms with Gasteiger partial charge < -0.3 is 10.6 Å². The Morgan fingerprint density at radius 1 is 1.14 bits per heavy atom. The smallest absolute Gasteiger partial charge is 0.135 e. The lowest BCUT2D eigenvalue weighted by atomic mass is 10.1. The van der Waals surface area contributed by atoms with Crippen molar-refractivity contribution in [3.63, 3.8) is 0 Å². The van der Waals surface area contributed by atoms with Gasteiger partial charge in [-0.3, -0.25) is 0 Å². The fraction of sp³-hybridized carbons (Fsp3) is 0.588. The number of nitrogens with two attached hydrogens (primary N) is 1. The van der Waals surface area contributed by atoms with Crippen molar-refractivity contribution < 1.29 is 4.39 Å². The van der Waals surface area contributed by atoms with E-state index < -0.39 is 0 Å². The average Bonchev–Trinajstić information content (AvgIpc) is 2.37. The molecule has 0 atom stereocenters. The van der Waals surface area contributed by atoms with Crippen LogP contribution in [0.15, 0.2) is 18.2 Å². The van der Waals surface area contributed by atoms with E-state index in [0.717, 1.165) is 31.6 Å². The predicted molar refractivity (Wildman–Crippen MR) is 93.4 cm³/mol. The van der Waals surface area contributed by atoms with E-state index in [2.05, 4.69) is 32.6 Å². The summed E-state index contributed by atoms with van der Waals surface area (Å²) in [4.78, 5) is 2.36. The molecule has 118 valence electrons. The molecule has 2 nitrogen and oxygen atoms in total. The number of halogens is 1. The van der Waals surface area contributed by atoms with Gasteiger partial charge in [-0.05, 0) is 42.9 Å². The quantitative estimate of drug-likeness (QED) is 0.723. The van der Waals surface area contributed by atoms with Crippen molar-refractivity contribution in [3.05, 3.63) is 29.6 Å². The third kappa shape index (κ3) is 6.00. The summed E-state index contributed by atoms with van der Waals surface area (Å²) in [5.74, 6) is 0.929. The molecule has 0 aromatic heterocycles. The molecule has 0 radical (unpaired) electrons. The van der Waals surface area contributed by atoms with Crippen molar-refractivity contribution in [1.82, 2.24) is 0 Å².